The van der Waals surface area contributed by atoms with E-state index in [0.717, 1.165) is 5.76 Å². The van der Waals surface area contributed by atoms with Gasteiger partial charge in [0.05, 0.1) is 30.0 Å². The van der Waals surface area contributed by atoms with Gasteiger partial charge in [-0.1, -0.05) is 32.4 Å². The van der Waals surface area contributed by atoms with E-state index in [2.05, 4.69) is 15.7 Å². The van der Waals surface area contributed by atoms with Gasteiger partial charge in [0.15, 0.2) is 0 Å². The Morgan fingerprint density at radius 1 is 1.06 bits per heavy atom. The van der Waals surface area contributed by atoms with Gasteiger partial charge in [-0.15, -0.1) is 0 Å². The minimum Gasteiger partial charge on any atom is -0.464 e. The highest BCUT2D eigenvalue weighted by molar-refractivity contribution is 6.33. The summed E-state index contributed by atoms with van der Waals surface area (Å²) in [7, 11) is 1.75. The first-order valence-corrected chi connectivity index (χ1v) is 11.9. The third-order valence-corrected chi connectivity index (χ3v) is 6.83. The maximum absolute atomic E-state index is 13.4. The SMILES string of the molecule is Cc1ccc([C@H](Nc2c(Nc3ccc(Cl)c4c3C(=O)N(c3ccnn3C)C4)c(=O)c2=O)C(C)(C)C)o1. The number of hydrogen-bond acceptors (Lipinski definition) is 7. The Morgan fingerprint density at radius 3 is 2.39 bits per heavy atom. The van der Waals surface area contributed by atoms with Crippen LogP contribution in [-0.2, 0) is 13.6 Å². The molecule has 0 radical (unpaired) electrons. The Balaban J connectivity index is 1.50. The molecule has 5 rings (SSSR count). The topological polar surface area (TPSA) is 109 Å². The fourth-order valence-corrected chi connectivity index (χ4v) is 4.77. The molecule has 0 saturated carbocycles. The zero-order valence-corrected chi connectivity index (χ0v) is 21.4. The van der Waals surface area contributed by atoms with Gasteiger partial charge in [0.1, 0.15) is 28.7 Å². The zero-order valence-electron chi connectivity index (χ0n) is 20.6. The van der Waals surface area contributed by atoms with Gasteiger partial charge in [-0.2, -0.15) is 5.10 Å². The number of carbonyl (C=O) groups is 1. The van der Waals surface area contributed by atoms with Crippen molar-refractivity contribution in [2.45, 2.75) is 40.3 Å². The van der Waals surface area contributed by atoms with Crippen LogP contribution in [0.4, 0.5) is 22.9 Å². The van der Waals surface area contributed by atoms with Gasteiger partial charge in [0, 0.05) is 23.7 Å². The molecule has 2 N–H and O–H groups in total. The number of halogens is 1. The summed E-state index contributed by atoms with van der Waals surface area (Å²) in [5.74, 6) is 1.76. The summed E-state index contributed by atoms with van der Waals surface area (Å²) in [5, 5.41) is 10.9. The molecule has 0 bridgehead atoms. The van der Waals surface area contributed by atoms with Crippen LogP contribution in [0, 0.1) is 12.3 Å². The third-order valence-electron chi connectivity index (χ3n) is 6.47. The van der Waals surface area contributed by atoms with E-state index in [-0.39, 0.29) is 35.3 Å². The summed E-state index contributed by atoms with van der Waals surface area (Å²) in [6.45, 7) is 8.15. The van der Waals surface area contributed by atoms with Crippen molar-refractivity contribution in [3.63, 3.8) is 0 Å². The Labute approximate surface area is 212 Å². The highest BCUT2D eigenvalue weighted by Crippen LogP contribution is 2.40. The number of anilines is 4. The maximum Gasteiger partial charge on any atom is 0.262 e. The smallest absolute Gasteiger partial charge is 0.262 e. The van der Waals surface area contributed by atoms with E-state index in [1.807, 2.05) is 39.8 Å². The molecule has 3 heterocycles. The first kappa shape index (κ1) is 23.9. The van der Waals surface area contributed by atoms with Gasteiger partial charge in [-0.3, -0.25) is 24.0 Å². The van der Waals surface area contributed by atoms with E-state index >= 15 is 0 Å². The Bertz CT molecular complexity index is 1570. The molecule has 4 aromatic rings. The molecule has 186 valence electrons. The van der Waals surface area contributed by atoms with E-state index < -0.39 is 10.9 Å². The van der Waals surface area contributed by atoms with Crippen LogP contribution < -0.4 is 26.4 Å². The lowest BCUT2D eigenvalue weighted by molar-refractivity contribution is 0.0995. The Morgan fingerprint density at radius 2 is 1.78 bits per heavy atom. The summed E-state index contributed by atoms with van der Waals surface area (Å²) < 4.78 is 7.43. The summed E-state index contributed by atoms with van der Waals surface area (Å²) in [4.78, 5) is 40.2. The molecule has 0 saturated heterocycles. The van der Waals surface area contributed by atoms with Gasteiger partial charge in [0.25, 0.3) is 16.8 Å². The molecule has 2 aromatic heterocycles. The molecule has 1 atom stereocenters. The number of rotatable bonds is 6. The number of aromatic nitrogens is 2. The molecule has 1 amide bonds. The van der Waals surface area contributed by atoms with Crippen LogP contribution in [0.1, 0.15) is 54.3 Å². The lowest BCUT2D eigenvalue weighted by Crippen LogP contribution is -2.39. The normalized spacial score (nSPS) is 14.4. The molecular formula is C26H26ClN5O4. The van der Waals surface area contributed by atoms with Crippen molar-refractivity contribution in [2.75, 3.05) is 15.5 Å². The molecule has 1 aliphatic rings. The summed E-state index contributed by atoms with van der Waals surface area (Å²) >= 11 is 6.44. The standard InChI is InChI=1S/C26H26ClN5O4/c1-13-6-9-17(36-13)24(26(2,3)4)30-21-20(22(33)23(21)34)29-16-8-7-15(27)14-12-32(25(35)19(14)16)18-10-11-28-31(18)5/h6-11,24,29-30H,12H2,1-5H3/t24-/m0/s1. The predicted octanol–water partition coefficient (Wildman–Crippen LogP) is 4.67. The number of furan rings is 1. The molecule has 9 nitrogen and oxygen atoms in total. The van der Waals surface area contributed by atoms with Crippen molar-refractivity contribution in [3.8, 4) is 0 Å². The molecule has 0 unspecified atom stereocenters. The first-order valence-electron chi connectivity index (χ1n) is 11.5. The van der Waals surface area contributed by atoms with Crippen LogP contribution in [0.25, 0.3) is 0 Å². The number of amides is 1. The molecule has 36 heavy (non-hydrogen) atoms. The second kappa shape index (κ2) is 8.37. The van der Waals surface area contributed by atoms with Crippen molar-refractivity contribution in [2.24, 2.45) is 12.5 Å². The average Bonchev–Trinajstić information content (AvgIpc) is 3.52. The van der Waals surface area contributed by atoms with Gasteiger partial charge < -0.3 is 15.1 Å². The first-order chi connectivity index (χ1) is 17.0. The number of benzene rings is 1. The number of fused-ring (bicyclic) bond motifs is 1. The van der Waals surface area contributed by atoms with Crippen LogP contribution in [0.2, 0.25) is 5.02 Å². The van der Waals surface area contributed by atoms with Gasteiger partial charge in [0.2, 0.25) is 0 Å². The van der Waals surface area contributed by atoms with Gasteiger partial charge in [-0.25, -0.2) is 0 Å². The van der Waals surface area contributed by atoms with Crippen molar-refractivity contribution in [1.82, 2.24) is 9.78 Å². The molecule has 0 fully saturated rings. The Hall–Kier alpha value is -3.85. The van der Waals surface area contributed by atoms with E-state index in [1.165, 1.54) is 0 Å². The van der Waals surface area contributed by atoms with Crippen molar-refractivity contribution in [3.05, 3.63) is 84.6 Å². The number of nitrogens with one attached hydrogen (secondary N) is 2. The minimum absolute atomic E-state index is 0.105. The molecule has 0 spiro atoms. The van der Waals surface area contributed by atoms with E-state index in [9.17, 15) is 14.4 Å². The lowest BCUT2D eigenvalue weighted by Gasteiger charge is -2.31. The fraction of sp³-hybridized carbons (Fsp3) is 0.308. The van der Waals surface area contributed by atoms with Crippen LogP contribution >= 0.6 is 11.6 Å². The van der Waals surface area contributed by atoms with Crippen LogP contribution in [0.5, 0.6) is 0 Å². The van der Waals surface area contributed by atoms with Crippen LogP contribution in [0.15, 0.2) is 50.5 Å². The second-order valence-electron chi connectivity index (χ2n) is 10.1. The van der Waals surface area contributed by atoms with Crippen LogP contribution in [0.3, 0.4) is 0 Å². The fourth-order valence-electron chi connectivity index (χ4n) is 4.56. The molecular weight excluding hydrogens is 482 g/mol. The highest BCUT2D eigenvalue weighted by Gasteiger charge is 2.36. The van der Waals surface area contributed by atoms with E-state index in [4.69, 9.17) is 16.0 Å². The molecule has 1 aliphatic heterocycles. The molecule has 2 aromatic carbocycles. The maximum atomic E-state index is 13.4. The zero-order chi connectivity index (χ0) is 25.9. The number of aryl methyl sites for hydroxylation is 2. The highest BCUT2D eigenvalue weighted by atomic mass is 35.5. The van der Waals surface area contributed by atoms with E-state index in [0.29, 0.717) is 33.4 Å². The predicted molar refractivity (Wildman–Crippen MR) is 139 cm³/mol. The van der Waals surface area contributed by atoms with Gasteiger partial charge in [-0.05, 0) is 36.6 Å². The number of carbonyl (C=O) groups excluding carboxylic acids is 1. The summed E-state index contributed by atoms with van der Waals surface area (Å²) in [6, 6.07) is 8.40. The third kappa shape index (κ3) is 3.80. The monoisotopic (exact) mass is 507 g/mol. The largest absolute Gasteiger partial charge is 0.464 e. The molecule has 10 heteroatoms. The van der Waals surface area contributed by atoms with Crippen molar-refractivity contribution >= 4 is 40.4 Å². The van der Waals surface area contributed by atoms with Crippen molar-refractivity contribution < 1.29 is 9.21 Å². The quantitative estimate of drug-likeness (QED) is 0.365. The Kier molecular flexibility index (Phi) is 5.55. The van der Waals surface area contributed by atoms with Crippen LogP contribution in [-0.4, -0.2) is 15.7 Å². The number of hydrogen-bond donors (Lipinski definition) is 2. The van der Waals surface area contributed by atoms with E-state index in [1.54, 1.807) is 41.0 Å². The summed E-state index contributed by atoms with van der Waals surface area (Å²) in [6.07, 6.45) is 1.61. The van der Waals surface area contributed by atoms with Gasteiger partial charge >= 0.3 is 0 Å². The number of nitrogens with zero attached hydrogens (tertiary/aromatic N) is 3. The average molecular weight is 508 g/mol. The summed E-state index contributed by atoms with van der Waals surface area (Å²) in [5.41, 5.74) is 0.0572. The minimum atomic E-state index is -0.654. The second-order valence-corrected chi connectivity index (χ2v) is 10.5. The molecule has 0 aliphatic carbocycles. The lowest BCUT2D eigenvalue weighted by atomic mass is 9.85. The van der Waals surface area contributed by atoms with Crippen molar-refractivity contribution in [1.29, 1.82) is 0 Å².